The first-order valence-corrected chi connectivity index (χ1v) is 7.48. The third kappa shape index (κ3) is 2.73. The zero-order chi connectivity index (χ0) is 15.5. The maximum absolute atomic E-state index is 11.7. The van der Waals surface area contributed by atoms with Crippen LogP contribution in [0.1, 0.15) is 18.5 Å². The minimum absolute atomic E-state index is 0.241. The summed E-state index contributed by atoms with van der Waals surface area (Å²) in [7, 11) is 1.99. The average molecular weight is 294 g/mol. The van der Waals surface area contributed by atoms with Gasteiger partial charge in [-0.05, 0) is 18.6 Å². The van der Waals surface area contributed by atoms with Crippen LogP contribution in [0.15, 0.2) is 30.3 Å². The minimum Gasteiger partial charge on any atom is -0.372 e. The number of carbonyl (C=O) groups excluding carboxylic acids is 1. The Labute approximate surface area is 129 Å². The molecule has 0 N–H and O–H groups in total. The van der Waals surface area contributed by atoms with Gasteiger partial charge in [-0.15, -0.1) is 0 Å². The third-order valence-electron chi connectivity index (χ3n) is 4.10. The number of aromatic nitrogens is 1. The highest BCUT2D eigenvalue weighted by molar-refractivity contribution is 5.92. The molecule has 1 fully saturated rings. The summed E-state index contributed by atoms with van der Waals surface area (Å²) in [5, 5.41) is 10.2. The van der Waals surface area contributed by atoms with Crippen LogP contribution in [0.4, 0.5) is 5.69 Å². The zero-order valence-electron chi connectivity index (χ0n) is 12.6. The summed E-state index contributed by atoms with van der Waals surface area (Å²) in [6, 6.07) is 11.7. The monoisotopic (exact) mass is 294 g/mol. The van der Waals surface area contributed by atoms with Crippen molar-refractivity contribution >= 4 is 22.5 Å². The van der Waals surface area contributed by atoms with E-state index in [9.17, 15) is 4.79 Å². The topological polar surface area (TPSA) is 60.2 Å². The lowest BCUT2D eigenvalue weighted by Crippen LogP contribution is -2.34. The van der Waals surface area contributed by atoms with Gasteiger partial charge in [-0.25, -0.2) is 4.98 Å². The molecule has 2 aromatic rings. The average Bonchev–Trinajstić information content (AvgIpc) is 2.96. The van der Waals surface area contributed by atoms with E-state index in [1.54, 1.807) is 0 Å². The predicted octanol–water partition coefficient (Wildman–Crippen LogP) is 2.17. The third-order valence-corrected chi connectivity index (χ3v) is 4.10. The second-order valence-electron chi connectivity index (χ2n) is 5.56. The molecule has 0 radical (unpaired) electrons. The normalized spacial score (nSPS) is 14.4. The van der Waals surface area contributed by atoms with E-state index >= 15 is 0 Å². The molecule has 5 heteroatoms. The van der Waals surface area contributed by atoms with Gasteiger partial charge in [0.25, 0.3) is 0 Å². The number of carbonyl (C=O) groups is 1. The van der Waals surface area contributed by atoms with Crippen molar-refractivity contribution < 1.29 is 4.79 Å². The van der Waals surface area contributed by atoms with Gasteiger partial charge in [-0.3, -0.25) is 4.79 Å². The van der Waals surface area contributed by atoms with Crippen molar-refractivity contribution in [3.8, 4) is 6.07 Å². The summed E-state index contributed by atoms with van der Waals surface area (Å²) < 4.78 is 0. The van der Waals surface area contributed by atoms with Gasteiger partial charge in [-0.2, -0.15) is 5.26 Å². The number of pyridine rings is 1. The standard InChI is InChI=1S/C17H18N4O/c1-20(9-10-21-8-4-7-17(21)22)16-11-13(12-18)19-15-6-3-2-5-14(15)16/h2-3,5-6,11H,4,7-10H2,1H3. The van der Waals surface area contributed by atoms with Crippen molar-refractivity contribution in [1.82, 2.24) is 9.88 Å². The fourth-order valence-corrected chi connectivity index (χ4v) is 2.86. The molecule has 1 aromatic carbocycles. The summed E-state index contributed by atoms with van der Waals surface area (Å²) in [6.45, 7) is 2.31. The lowest BCUT2D eigenvalue weighted by molar-refractivity contribution is -0.127. The molecular weight excluding hydrogens is 276 g/mol. The molecule has 3 rings (SSSR count). The van der Waals surface area contributed by atoms with Crippen LogP contribution < -0.4 is 4.90 Å². The van der Waals surface area contributed by atoms with E-state index in [2.05, 4.69) is 16.0 Å². The highest BCUT2D eigenvalue weighted by atomic mass is 16.2. The number of rotatable bonds is 4. The van der Waals surface area contributed by atoms with Crippen molar-refractivity contribution in [2.75, 3.05) is 31.6 Å². The van der Waals surface area contributed by atoms with Crippen molar-refractivity contribution in [3.05, 3.63) is 36.0 Å². The van der Waals surface area contributed by atoms with Gasteiger partial charge in [-0.1, -0.05) is 18.2 Å². The fourth-order valence-electron chi connectivity index (χ4n) is 2.86. The summed E-state index contributed by atoms with van der Waals surface area (Å²) in [4.78, 5) is 20.0. The predicted molar refractivity (Wildman–Crippen MR) is 85.5 cm³/mol. The number of nitrogens with zero attached hydrogens (tertiary/aromatic N) is 4. The van der Waals surface area contributed by atoms with Crippen LogP contribution in [0, 0.1) is 11.3 Å². The molecule has 0 spiro atoms. The molecule has 0 aliphatic carbocycles. The molecule has 1 aliphatic rings. The quantitative estimate of drug-likeness (QED) is 0.867. The molecule has 112 valence electrons. The van der Waals surface area contributed by atoms with Gasteiger partial charge in [0, 0.05) is 44.2 Å². The molecule has 1 aromatic heterocycles. The van der Waals surface area contributed by atoms with Crippen LogP contribution in [-0.2, 0) is 4.79 Å². The maximum atomic E-state index is 11.7. The van der Waals surface area contributed by atoms with Crippen molar-refractivity contribution in [2.24, 2.45) is 0 Å². The molecule has 0 unspecified atom stereocenters. The number of anilines is 1. The number of para-hydroxylation sites is 1. The Morgan fingerprint density at radius 3 is 2.95 bits per heavy atom. The second kappa shape index (κ2) is 6.02. The first-order chi connectivity index (χ1) is 10.7. The Morgan fingerprint density at radius 2 is 2.23 bits per heavy atom. The number of hydrogen-bond acceptors (Lipinski definition) is 4. The molecule has 5 nitrogen and oxygen atoms in total. The van der Waals surface area contributed by atoms with E-state index in [1.165, 1.54) is 0 Å². The van der Waals surface area contributed by atoms with E-state index in [0.717, 1.165) is 36.1 Å². The van der Waals surface area contributed by atoms with Gasteiger partial charge in [0.15, 0.2) is 0 Å². The largest absolute Gasteiger partial charge is 0.372 e. The summed E-state index contributed by atoms with van der Waals surface area (Å²) in [6.07, 6.45) is 1.62. The molecule has 0 atom stereocenters. The molecule has 0 saturated carbocycles. The van der Waals surface area contributed by atoms with E-state index in [4.69, 9.17) is 5.26 Å². The Bertz CT molecular complexity index is 750. The van der Waals surface area contributed by atoms with Crippen LogP contribution in [0.25, 0.3) is 10.9 Å². The minimum atomic E-state index is 0.241. The Kier molecular flexibility index (Phi) is 3.92. The van der Waals surface area contributed by atoms with Gasteiger partial charge >= 0.3 is 0 Å². The Morgan fingerprint density at radius 1 is 1.41 bits per heavy atom. The number of fused-ring (bicyclic) bond motifs is 1. The van der Waals surface area contributed by atoms with Gasteiger partial charge in [0.1, 0.15) is 11.8 Å². The lowest BCUT2D eigenvalue weighted by Gasteiger charge is -2.24. The number of hydrogen-bond donors (Lipinski definition) is 0. The van der Waals surface area contributed by atoms with Crippen molar-refractivity contribution in [2.45, 2.75) is 12.8 Å². The highest BCUT2D eigenvalue weighted by Crippen LogP contribution is 2.25. The van der Waals surface area contributed by atoms with E-state index < -0.39 is 0 Å². The number of amides is 1. The summed E-state index contributed by atoms with van der Waals surface area (Å²) in [5.74, 6) is 0.241. The summed E-state index contributed by atoms with van der Waals surface area (Å²) >= 11 is 0. The van der Waals surface area contributed by atoms with Crippen LogP contribution in [0.5, 0.6) is 0 Å². The van der Waals surface area contributed by atoms with Gasteiger partial charge in [0.2, 0.25) is 5.91 Å². The van der Waals surface area contributed by atoms with Crippen LogP contribution in [-0.4, -0.2) is 42.5 Å². The number of likely N-dealkylation sites (N-methyl/N-ethyl adjacent to an activating group) is 1. The van der Waals surface area contributed by atoms with Crippen LogP contribution >= 0.6 is 0 Å². The molecule has 1 amide bonds. The SMILES string of the molecule is CN(CCN1CCCC1=O)c1cc(C#N)nc2ccccc12. The molecule has 1 saturated heterocycles. The van der Waals surface area contributed by atoms with Crippen LogP contribution in [0.2, 0.25) is 0 Å². The smallest absolute Gasteiger partial charge is 0.222 e. The number of benzene rings is 1. The molecule has 2 heterocycles. The fraction of sp³-hybridized carbons (Fsp3) is 0.353. The maximum Gasteiger partial charge on any atom is 0.222 e. The Hall–Kier alpha value is -2.61. The molecule has 1 aliphatic heterocycles. The lowest BCUT2D eigenvalue weighted by atomic mass is 10.1. The van der Waals surface area contributed by atoms with Gasteiger partial charge < -0.3 is 9.80 Å². The Balaban J connectivity index is 1.85. The number of nitriles is 1. The molecule has 0 bridgehead atoms. The van der Waals surface area contributed by atoms with E-state index in [0.29, 0.717) is 18.7 Å². The van der Waals surface area contributed by atoms with E-state index in [1.807, 2.05) is 42.3 Å². The zero-order valence-corrected chi connectivity index (χ0v) is 12.6. The highest BCUT2D eigenvalue weighted by Gasteiger charge is 2.20. The van der Waals surface area contributed by atoms with E-state index in [-0.39, 0.29) is 5.91 Å². The molecular formula is C17H18N4O. The first kappa shape index (κ1) is 14.3. The van der Waals surface area contributed by atoms with Crippen LogP contribution in [0.3, 0.4) is 0 Å². The molecule has 22 heavy (non-hydrogen) atoms. The van der Waals surface area contributed by atoms with Gasteiger partial charge in [0.05, 0.1) is 5.52 Å². The van der Waals surface area contributed by atoms with Crippen molar-refractivity contribution in [3.63, 3.8) is 0 Å². The second-order valence-corrected chi connectivity index (χ2v) is 5.56. The number of likely N-dealkylation sites (tertiary alicyclic amines) is 1. The van der Waals surface area contributed by atoms with Crippen molar-refractivity contribution in [1.29, 1.82) is 5.26 Å². The first-order valence-electron chi connectivity index (χ1n) is 7.48. The summed E-state index contributed by atoms with van der Waals surface area (Å²) in [5.41, 5.74) is 2.22.